The Bertz CT molecular complexity index is 1090. The maximum atomic E-state index is 8.74. The molecule has 4 rings (SSSR count). The van der Waals surface area contributed by atoms with E-state index in [1.54, 1.807) is 0 Å². The van der Waals surface area contributed by atoms with Crippen LogP contribution in [-0.4, -0.2) is 17.5 Å². The number of fused-ring (bicyclic) bond motifs is 2. The van der Waals surface area contributed by atoms with Crippen molar-refractivity contribution in [1.82, 2.24) is 0 Å². The lowest BCUT2D eigenvalue weighted by Gasteiger charge is -2.10. The third-order valence-corrected chi connectivity index (χ3v) is 4.28. The molecule has 0 amide bonds. The highest BCUT2D eigenvalue weighted by Gasteiger charge is 2.03. The van der Waals surface area contributed by atoms with Crippen molar-refractivity contribution >= 4 is 31.9 Å². The first-order chi connectivity index (χ1) is 13.4. The molecule has 2 N–H and O–H groups in total. The summed E-state index contributed by atoms with van der Waals surface area (Å²) < 4.78 is 37.6. The summed E-state index contributed by atoms with van der Waals surface area (Å²) in [7, 11) is -4.67. The van der Waals surface area contributed by atoms with Gasteiger partial charge in [-0.2, -0.15) is 8.42 Å². The van der Waals surface area contributed by atoms with Crippen LogP contribution in [0.5, 0.6) is 0 Å². The van der Waals surface area contributed by atoms with Crippen molar-refractivity contribution in [1.29, 1.82) is 0 Å². The summed E-state index contributed by atoms with van der Waals surface area (Å²) in [5, 5.41) is 5.07. The van der Waals surface area contributed by atoms with Gasteiger partial charge in [0.1, 0.15) is 0 Å². The third-order valence-electron chi connectivity index (χ3n) is 4.28. The monoisotopic (exact) mass is 396 g/mol. The standard InChI is InChI=1S/C22H18O.H2O4S/c1-3-13-21-17(7-1)9-5-11-19(21)15-23-16-20-12-6-10-18-8-2-4-14-22(18)20;1-5(2,3)4/h1-14H,15-16H2;(H2,1,2,3,4). The van der Waals surface area contributed by atoms with Crippen LogP contribution in [0.2, 0.25) is 0 Å². The van der Waals surface area contributed by atoms with E-state index in [4.69, 9.17) is 22.3 Å². The molecule has 0 aliphatic rings. The molecular formula is C22H20O5S. The first-order valence-electron chi connectivity index (χ1n) is 8.63. The predicted octanol–water partition coefficient (Wildman–Crippen LogP) is 5.06. The van der Waals surface area contributed by atoms with E-state index in [1.807, 2.05) is 0 Å². The van der Waals surface area contributed by atoms with E-state index in [0.29, 0.717) is 13.2 Å². The average molecular weight is 396 g/mol. The summed E-state index contributed by atoms with van der Waals surface area (Å²) in [4.78, 5) is 0. The number of benzene rings is 4. The van der Waals surface area contributed by atoms with Crippen LogP contribution in [0.15, 0.2) is 84.9 Å². The fourth-order valence-corrected chi connectivity index (χ4v) is 3.11. The largest absolute Gasteiger partial charge is 0.394 e. The van der Waals surface area contributed by atoms with Gasteiger partial charge in [0.15, 0.2) is 0 Å². The molecule has 0 unspecified atom stereocenters. The first kappa shape index (κ1) is 20.0. The zero-order valence-electron chi connectivity index (χ0n) is 15.0. The Morgan fingerprint density at radius 1 is 0.607 bits per heavy atom. The van der Waals surface area contributed by atoms with Crippen LogP contribution in [0.1, 0.15) is 11.1 Å². The average Bonchev–Trinajstić information content (AvgIpc) is 2.67. The zero-order chi connectivity index (χ0) is 20.0. The van der Waals surface area contributed by atoms with E-state index in [1.165, 1.54) is 32.7 Å². The van der Waals surface area contributed by atoms with Gasteiger partial charge in [0.05, 0.1) is 13.2 Å². The molecule has 0 radical (unpaired) electrons. The van der Waals surface area contributed by atoms with Crippen LogP contribution in [0, 0.1) is 0 Å². The second-order valence-corrected chi connectivity index (χ2v) is 7.11. The Morgan fingerprint density at radius 2 is 0.964 bits per heavy atom. The van der Waals surface area contributed by atoms with Crippen molar-refractivity contribution in [2.75, 3.05) is 0 Å². The summed E-state index contributed by atoms with van der Waals surface area (Å²) >= 11 is 0. The van der Waals surface area contributed by atoms with E-state index in [9.17, 15) is 0 Å². The highest BCUT2D eigenvalue weighted by molar-refractivity contribution is 7.79. The molecule has 28 heavy (non-hydrogen) atoms. The Morgan fingerprint density at radius 3 is 1.39 bits per heavy atom. The molecule has 4 aromatic rings. The SMILES string of the molecule is O=S(=O)(O)O.c1ccc2c(COCc3cccc4ccccc34)cccc2c1. The lowest BCUT2D eigenvalue weighted by Crippen LogP contribution is -1.96. The minimum Gasteiger partial charge on any atom is -0.372 e. The Balaban J connectivity index is 0.000000403. The van der Waals surface area contributed by atoms with Crippen molar-refractivity contribution in [2.45, 2.75) is 13.2 Å². The Kier molecular flexibility index (Phi) is 6.38. The van der Waals surface area contributed by atoms with Gasteiger partial charge in [0.2, 0.25) is 0 Å². The molecule has 0 saturated carbocycles. The lowest BCUT2D eigenvalue weighted by molar-refractivity contribution is 0.109. The van der Waals surface area contributed by atoms with E-state index >= 15 is 0 Å². The van der Waals surface area contributed by atoms with Gasteiger partial charge < -0.3 is 4.74 Å². The normalized spacial score (nSPS) is 11.2. The fraction of sp³-hybridized carbons (Fsp3) is 0.0909. The molecule has 4 aromatic carbocycles. The van der Waals surface area contributed by atoms with Gasteiger partial charge in [0, 0.05) is 0 Å². The van der Waals surface area contributed by atoms with Crippen molar-refractivity contribution in [3.63, 3.8) is 0 Å². The number of rotatable bonds is 4. The Labute approximate surface area is 163 Å². The molecule has 0 heterocycles. The van der Waals surface area contributed by atoms with Crippen LogP contribution >= 0.6 is 0 Å². The zero-order valence-corrected chi connectivity index (χ0v) is 15.8. The van der Waals surface area contributed by atoms with Crippen LogP contribution in [0.25, 0.3) is 21.5 Å². The van der Waals surface area contributed by atoms with Gasteiger partial charge in [-0.3, -0.25) is 9.11 Å². The van der Waals surface area contributed by atoms with Crippen LogP contribution in [0.3, 0.4) is 0 Å². The lowest BCUT2D eigenvalue weighted by atomic mass is 10.0. The number of hydrogen-bond acceptors (Lipinski definition) is 3. The fourth-order valence-electron chi connectivity index (χ4n) is 3.11. The third kappa shape index (κ3) is 5.61. The molecule has 144 valence electrons. The molecule has 0 saturated heterocycles. The molecule has 0 bridgehead atoms. The molecule has 0 aliphatic carbocycles. The first-order valence-corrected chi connectivity index (χ1v) is 10.0. The predicted molar refractivity (Wildman–Crippen MR) is 111 cm³/mol. The van der Waals surface area contributed by atoms with Crippen molar-refractivity contribution in [2.24, 2.45) is 0 Å². The molecule has 0 spiro atoms. The van der Waals surface area contributed by atoms with Gasteiger partial charge in [-0.1, -0.05) is 84.9 Å². The number of ether oxygens (including phenoxy) is 1. The van der Waals surface area contributed by atoms with E-state index in [2.05, 4.69) is 84.9 Å². The van der Waals surface area contributed by atoms with Crippen molar-refractivity contribution in [3.8, 4) is 0 Å². The maximum absolute atomic E-state index is 8.74. The van der Waals surface area contributed by atoms with E-state index in [-0.39, 0.29) is 0 Å². The molecule has 0 aromatic heterocycles. The molecule has 5 nitrogen and oxygen atoms in total. The van der Waals surface area contributed by atoms with E-state index < -0.39 is 10.4 Å². The van der Waals surface area contributed by atoms with Crippen molar-refractivity contribution < 1.29 is 22.3 Å². The summed E-state index contributed by atoms with van der Waals surface area (Å²) in [5.41, 5.74) is 2.48. The van der Waals surface area contributed by atoms with Crippen molar-refractivity contribution in [3.05, 3.63) is 96.1 Å². The minimum atomic E-state index is -4.67. The summed E-state index contributed by atoms with van der Waals surface area (Å²) in [6.07, 6.45) is 0. The second kappa shape index (κ2) is 8.95. The summed E-state index contributed by atoms with van der Waals surface area (Å²) in [6.45, 7) is 1.26. The van der Waals surface area contributed by atoms with Gasteiger partial charge in [-0.25, -0.2) is 0 Å². The van der Waals surface area contributed by atoms with Gasteiger partial charge >= 0.3 is 10.4 Å². The molecule has 0 aliphatic heterocycles. The topological polar surface area (TPSA) is 83.8 Å². The van der Waals surface area contributed by atoms with Crippen LogP contribution in [-0.2, 0) is 28.3 Å². The minimum absolute atomic E-state index is 0.630. The highest BCUT2D eigenvalue weighted by Crippen LogP contribution is 2.22. The second-order valence-electron chi connectivity index (χ2n) is 6.22. The Hall–Kier alpha value is -2.77. The highest BCUT2D eigenvalue weighted by atomic mass is 32.3. The number of hydrogen-bond donors (Lipinski definition) is 2. The maximum Gasteiger partial charge on any atom is 0.394 e. The summed E-state index contributed by atoms with van der Waals surface area (Å²) in [6, 6.07) is 29.7. The van der Waals surface area contributed by atoms with Crippen LogP contribution < -0.4 is 0 Å². The molecule has 6 heteroatoms. The quantitative estimate of drug-likeness (QED) is 0.471. The van der Waals surface area contributed by atoms with Gasteiger partial charge in [-0.15, -0.1) is 0 Å². The molecular weight excluding hydrogens is 376 g/mol. The van der Waals surface area contributed by atoms with Crippen LogP contribution in [0.4, 0.5) is 0 Å². The summed E-state index contributed by atoms with van der Waals surface area (Å²) in [5.74, 6) is 0. The van der Waals surface area contributed by atoms with Gasteiger partial charge in [0.25, 0.3) is 0 Å². The molecule has 0 atom stereocenters. The molecule has 0 fully saturated rings. The van der Waals surface area contributed by atoms with E-state index in [0.717, 1.165) is 0 Å². The smallest absolute Gasteiger partial charge is 0.372 e. The van der Waals surface area contributed by atoms with Gasteiger partial charge in [-0.05, 0) is 32.7 Å².